The van der Waals surface area contributed by atoms with Crippen molar-refractivity contribution < 1.29 is 13.9 Å². The molecule has 0 aliphatic heterocycles. The number of aromatic nitrogens is 1. The van der Waals surface area contributed by atoms with Crippen molar-refractivity contribution in [3.63, 3.8) is 0 Å². The van der Waals surface area contributed by atoms with Crippen LogP contribution in [0.15, 0.2) is 29.0 Å². The smallest absolute Gasteiger partial charge is 0.271 e. The van der Waals surface area contributed by atoms with Crippen LogP contribution in [-0.4, -0.2) is 18.0 Å². The number of hydrogen-bond donors (Lipinski definition) is 1. The van der Waals surface area contributed by atoms with E-state index in [1.54, 1.807) is 19.2 Å². The molecule has 0 aliphatic rings. The van der Waals surface area contributed by atoms with Gasteiger partial charge in [-0.1, -0.05) is 0 Å². The molecule has 0 saturated carbocycles. The van der Waals surface area contributed by atoms with Gasteiger partial charge >= 0.3 is 0 Å². The number of nitrogens with zero attached hydrogens (tertiary/aromatic N) is 1. The Kier molecular flexibility index (Phi) is 2.82. The van der Waals surface area contributed by atoms with Crippen molar-refractivity contribution in [3.8, 4) is 17.1 Å². The molecule has 0 atom stereocenters. The molecule has 5 nitrogen and oxygen atoms in total. The number of nitrogens with two attached hydrogens (primary N) is 1. The van der Waals surface area contributed by atoms with Crippen LogP contribution in [0.3, 0.4) is 0 Å². The highest BCUT2D eigenvalue weighted by atomic mass is 16.5. The molecule has 0 unspecified atom stereocenters. The van der Waals surface area contributed by atoms with E-state index < -0.39 is 5.91 Å². The average molecular weight is 232 g/mol. The minimum Gasteiger partial charge on any atom is -0.496 e. The molecule has 88 valence electrons. The lowest BCUT2D eigenvalue weighted by molar-refractivity contribution is 0.0996. The van der Waals surface area contributed by atoms with E-state index in [-0.39, 0.29) is 5.69 Å². The van der Waals surface area contributed by atoms with Crippen LogP contribution in [0.5, 0.6) is 5.75 Å². The fourth-order valence-electron chi connectivity index (χ4n) is 1.65. The molecule has 1 heterocycles. The summed E-state index contributed by atoms with van der Waals surface area (Å²) < 4.78 is 10.3. The average Bonchev–Trinajstić information content (AvgIpc) is 2.77. The third-order valence-electron chi connectivity index (χ3n) is 2.46. The second kappa shape index (κ2) is 4.29. The summed E-state index contributed by atoms with van der Waals surface area (Å²) >= 11 is 0. The van der Waals surface area contributed by atoms with E-state index in [0.717, 1.165) is 16.9 Å². The largest absolute Gasteiger partial charge is 0.496 e. The highest BCUT2D eigenvalue weighted by molar-refractivity contribution is 5.96. The molecule has 0 fully saturated rings. The number of aryl methyl sites for hydroxylation is 1. The Hall–Kier alpha value is -2.30. The van der Waals surface area contributed by atoms with Gasteiger partial charge in [-0.15, -0.1) is 0 Å². The predicted octanol–water partition coefficient (Wildman–Crippen LogP) is 1.76. The Morgan fingerprint density at radius 2 is 2.24 bits per heavy atom. The zero-order chi connectivity index (χ0) is 12.4. The van der Waals surface area contributed by atoms with Crippen LogP contribution in [0, 0.1) is 6.92 Å². The first-order chi connectivity index (χ1) is 8.13. The molecular formula is C12H12N2O3. The standard InChI is InChI=1S/C12H12N2O3/c1-7-5-8(3-4-9(7)16-2)11-10(12(13)15)14-6-17-11/h3-6H,1-2H3,(H2,13,15). The maximum absolute atomic E-state index is 11.1. The number of carbonyl (C=O) groups excluding carboxylic acids is 1. The molecule has 2 N–H and O–H groups in total. The van der Waals surface area contributed by atoms with E-state index in [1.807, 2.05) is 13.0 Å². The van der Waals surface area contributed by atoms with Crippen molar-refractivity contribution in [1.82, 2.24) is 4.98 Å². The summed E-state index contributed by atoms with van der Waals surface area (Å²) in [6.45, 7) is 1.91. The topological polar surface area (TPSA) is 78.3 Å². The van der Waals surface area contributed by atoms with Crippen molar-refractivity contribution in [2.75, 3.05) is 7.11 Å². The fraction of sp³-hybridized carbons (Fsp3) is 0.167. The first kappa shape index (κ1) is 11.2. The lowest BCUT2D eigenvalue weighted by Gasteiger charge is -2.06. The summed E-state index contributed by atoms with van der Waals surface area (Å²) in [6, 6.07) is 5.45. The SMILES string of the molecule is COc1ccc(-c2ocnc2C(N)=O)cc1C. The van der Waals surface area contributed by atoms with Gasteiger partial charge in [-0.05, 0) is 30.7 Å². The molecule has 0 spiro atoms. The lowest BCUT2D eigenvalue weighted by atomic mass is 10.1. The monoisotopic (exact) mass is 232 g/mol. The fourth-order valence-corrected chi connectivity index (χ4v) is 1.65. The van der Waals surface area contributed by atoms with Crippen LogP contribution in [0.1, 0.15) is 16.1 Å². The molecule has 0 bridgehead atoms. The quantitative estimate of drug-likeness (QED) is 0.874. The van der Waals surface area contributed by atoms with Crippen LogP contribution < -0.4 is 10.5 Å². The molecule has 1 aromatic heterocycles. The zero-order valence-corrected chi connectivity index (χ0v) is 9.56. The third kappa shape index (κ3) is 1.99. The molecule has 1 aromatic carbocycles. The molecular weight excluding hydrogens is 220 g/mol. The molecule has 1 amide bonds. The maximum atomic E-state index is 11.1. The van der Waals surface area contributed by atoms with Gasteiger partial charge in [0.25, 0.3) is 5.91 Å². The van der Waals surface area contributed by atoms with E-state index in [2.05, 4.69) is 4.98 Å². The lowest BCUT2D eigenvalue weighted by Crippen LogP contribution is -2.12. The Bertz CT molecular complexity index is 561. The maximum Gasteiger partial charge on any atom is 0.271 e. The number of methoxy groups -OCH3 is 1. The second-order valence-corrected chi connectivity index (χ2v) is 3.58. The van der Waals surface area contributed by atoms with Crippen molar-refractivity contribution in [2.24, 2.45) is 5.73 Å². The summed E-state index contributed by atoms with van der Waals surface area (Å²) in [5, 5.41) is 0. The number of primary amides is 1. The van der Waals surface area contributed by atoms with Crippen molar-refractivity contribution in [3.05, 3.63) is 35.9 Å². The number of amides is 1. The van der Waals surface area contributed by atoms with Crippen LogP contribution in [0.4, 0.5) is 0 Å². The summed E-state index contributed by atoms with van der Waals surface area (Å²) in [4.78, 5) is 14.9. The molecule has 0 radical (unpaired) electrons. The summed E-state index contributed by atoms with van der Waals surface area (Å²) in [5.74, 6) is 0.541. The van der Waals surface area contributed by atoms with E-state index in [4.69, 9.17) is 14.9 Å². The normalized spacial score (nSPS) is 10.2. The minimum atomic E-state index is -0.609. The number of rotatable bonds is 3. The number of benzene rings is 1. The van der Waals surface area contributed by atoms with E-state index in [0.29, 0.717) is 5.76 Å². The highest BCUT2D eigenvalue weighted by Crippen LogP contribution is 2.27. The summed E-state index contributed by atoms with van der Waals surface area (Å²) in [6.07, 6.45) is 1.20. The van der Waals surface area contributed by atoms with E-state index in [9.17, 15) is 4.79 Å². The number of ether oxygens (including phenoxy) is 1. The van der Waals surface area contributed by atoms with Crippen LogP contribution >= 0.6 is 0 Å². The Morgan fingerprint density at radius 1 is 1.47 bits per heavy atom. The van der Waals surface area contributed by atoms with E-state index in [1.165, 1.54) is 6.39 Å². The first-order valence-corrected chi connectivity index (χ1v) is 5.01. The van der Waals surface area contributed by atoms with Gasteiger partial charge in [-0.25, -0.2) is 4.98 Å². The van der Waals surface area contributed by atoms with Gasteiger partial charge in [0.15, 0.2) is 17.8 Å². The van der Waals surface area contributed by atoms with Gasteiger partial charge in [-0.3, -0.25) is 4.79 Å². The Labute approximate surface area is 98.2 Å². The minimum absolute atomic E-state index is 0.134. The van der Waals surface area contributed by atoms with Gasteiger partial charge in [0.1, 0.15) is 5.75 Å². The molecule has 0 saturated heterocycles. The highest BCUT2D eigenvalue weighted by Gasteiger charge is 2.16. The van der Waals surface area contributed by atoms with Crippen LogP contribution in [0.2, 0.25) is 0 Å². The molecule has 17 heavy (non-hydrogen) atoms. The second-order valence-electron chi connectivity index (χ2n) is 3.58. The van der Waals surface area contributed by atoms with Crippen molar-refractivity contribution in [1.29, 1.82) is 0 Å². The molecule has 2 rings (SSSR count). The third-order valence-corrected chi connectivity index (χ3v) is 2.46. The van der Waals surface area contributed by atoms with Crippen LogP contribution in [-0.2, 0) is 0 Å². The number of carbonyl (C=O) groups is 1. The van der Waals surface area contributed by atoms with E-state index >= 15 is 0 Å². The zero-order valence-electron chi connectivity index (χ0n) is 9.56. The summed E-state index contributed by atoms with van der Waals surface area (Å²) in [7, 11) is 1.60. The van der Waals surface area contributed by atoms with Gasteiger partial charge in [-0.2, -0.15) is 0 Å². The number of oxazole rings is 1. The first-order valence-electron chi connectivity index (χ1n) is 5.01. The van der Waals surface area contributed by atoms with Crippen molar-refractivity contribution >= 4 is 5.91 Å². The van der Waals surface area contributed by atoms with Crippen molar-refractivity contribution in [2.45, 2.75) is 6.92 Å². The number of hydrogen-bond acceptors (Lipinski definition) is 4. The molecule has 5 heteroatoms. The van der Waals surface area contributed by atoms with Gasteiger partial charge < -0.3 is 14.9 Å². The van der Waals surface area contributed by atoms with Gasteiger partial charge in [0.05, 0.1) is 7.11 Å². The van der Waals surface area contributed by atoms with Gasteiger partial charge in [0, 0.05) is 5.56 Å². The Morgan fingerprint density at radius 3 is 2.82 bits per heavy atom. The molecule has 0 aliphatic carbocycles. The van der Waals surface area contributed by atoms with Crippen LogP contribution in [0.25, 0.3) is 11.3 Å². The predicted molar refractivity (Wildman–Crippen MR) is 61.7 cm³/mol. The summed E-state index contributed by atoms with van der Waals surface area (Å²) in [5.41, 5.74) is 7.02. The molecule has 2 aromatic rings. The van der Waals surface area contributed by atoms with Gasteiger partial charge in [0.2, 0.25) is 0 Å². The Balaban J connectivity index is 2.50.